The first-order valence-corrected chi connectivity index (χ1v) is 10.4. The van der Waals surface area contributed by atoms with Gasteiger partial charge >= 0.3 is 0 Å². The van der Waals surface area contributed by atoms with Crippen LogP contribution in [-0.2, 0) is 11.3 Å². The van der Waals surface area contributed by atoms with Crippen molar-refractivity contribution in [3.8, 4) is 23.8 Å². The van der Waals surface area contributed by atoms with Crippen LogP contribution in [-0.4, -0.2) is 46.5 Å². The minimum absolute atomic E-state index is 0.209. The summed E-state index contributed by atoms with van der Waals surface area (Å²) in [4.78, 5) is 4.38. The van der Waals surface area contributed by atoms with Crippen LogP contribution >= 0.6 is 0 Å². The third-order valence-corrected chi connectivity index (χ3v) is 5.50. The number of benzene rings is 1. The standard InChI is InChI=1S/C23H35N3O3/c1-5-14-29-21-16-19(9-10-20(21)27-4)17-25-22(24-3)26-18-23(11-7-8-12-23)13-15-28-6-2/h1,9-10,16H,6-8,11-15,17-18H2,2-4H3,(H2,24,25,26). The lowest BCUT2D eigenvalue weighted by atomic mass is 9.83. The summed E-state index contributed by atoms with van der Waals surface area (Å²) < 4.78 is 16.5. The minimum atomic E-state index is 0.209. The van der Waals surface area contributed by atoms with Crippen molar-refractivity contribution in [1.29, 1.82) is 0 Å². The van der Waals surface area contributed by atoms with Crippen LogP contribution in [0.1, 0.15) is 44.6 Å². The van der Waals surface area contributed by atoms with Crippen LogP contribution in [0.25, 0.3) is 0 Å². The van der Waals surface area contributed by atoms with Crippen molar-refractivity contribution in [3.63, 3.8) is 0 Å². The second-order valence-corrected chi connectivity index (χ2v) is 7.41. The van der Waals surface area contributed by atoms with E-state index in [1.807, 2.05) is 25.1 Å². The Morgan fingerprint density at radius 2 is 2.03 bits per heavy atom. The predicted octanol–water partition coefficient (Wildman–Crippen LogP) is 3.36. The number of aliphatic imine (C=N–C) groups is 1. The first kappa shape index (κ1) is 22.9. The fourth-order valence-electron chi connectivity index (χ4n) is 3.81. The average molecular weight is 402 g/mol. The number of guanidine groups is 1. The molecule has 0 amide bonds. The molecule has 0 aliphatic heterocycles. The van der Waals surface area contributed by atoms with Gasteiger partial charge < -0.3 is 24.8 Å². The Morgan fingerprint density at radius 3 is 2.69 bits per heavy atom. The molecule has 0 heterocycles. The number of rotatable bonds is 11. The molecule has 0 aromatic heterocycles. The monoisotopic (exact) mass is 401 g/mol. The largest absolute Gasteiger partial charge is 0.493 e. The number of nitrogens with zero attached hydrogens (tertiary/aromatic N) is 1. The molecular weight excluding hydrogens is 366 g/mol. The van der Waals surface area contributed by atoms with E-state index >= 15 is 0 Å². The SMILES string of the molecule is C#CCOc1cc(CNC(=NC)NCC2(CCOCC)CCCC2)ccc1OC. The molecule has 1 saturated carbocycles. The van der Waals surface area contributed by atoms with Gasteiger partial charge in [0.25, 0.3) is 0 Å². The molecule has 1 fully saturated rings. The second-order valence-electron chi connectivity index (χ2n) is 7.41. The van der Waals surface area contributed by atoms with E-state index in [1.54, 1.807) is 14.2 Å². The zero-order valence-corrected chi connectivity index (χ0v) is 18.1. The molecule has 160 valence electrons. The molecule has 1 aromatic rings. The Kier molecular flexibility index (Phi) is 9.66. The first-order valence-electron chi connectivity index (χ1n) is 10.4. The third-order valence-electron chi connectivity index (χ3n) is 5.50. The molecule has 2 N–H and O–H groups in total. The summed E-state index contributed by atoms with van der Waals surface area (Å²) in [6, 6.07) is 5.83. The van der Waals surface area contributed by atoms with E-state index in [2.05, 4.69) is 21.5 Å². The summed E-state index contributed by atoms with van der Waals surface area (Å²) >= 11 is 0. The highest BCUT2D eigenvalue weighted by molar-refractivity contribution is 5.79. The van der Waals surface area contributed by atoms with E-state index in [0.29, 0.717) is 23.5 Å². The molecule has 1 aromatic carbocycles. The van der Waals surface area contributed by atoms with E-state index in [0.717, 1.165) is 37.7 Å². The van der Waals surface area contributed by atoms with Crippen LogP contribution in [0.5, 0.6) is 11.5 Å². The molecule has 2 rings (SSSR count). The molecule has 0 atom stereocenters. The second kappa shape index (κ2) is 12.2. The van der Waals surface area contributed by atoms with Gasteiger partial charge in [-0.15, -0.1) is 6.42 Å². The molecule has 6 heteroatoms. The van der Waals surface area contributed by atoms with E-state index in [4.69, 9.17) is 20.6 Å². The topological polar surface area (TPSA) is 64.1 Å². The van der Waals surface area contributed by atoms with Gasteiger partial charge in [-0.25, -0.2) is 0 Å². The predicted molar refractivity (Wildman–Crippen MR) is 118 cm³/mol. The van der Waals surface area contributed by atoms with Crippen LogP contribution in [0.2, 0.25) is 0 Å². The van der Waals surface area contributed by atoms with Crippen molar-refractivity contribution >= 4 is 5.96 Å². The van der Waals surface area contributed by atoms with Crippen molar-refractivity contribution in [3.05, 3.63) is 23.8 Å². The van der Waals surface area contributed by atoms with Crippen molar-refractivity contribution < 1.29 is 14.2 Å². The zero-order chi connectivity index (χ0) is 21.0. The number of terminal acetylenes is 1. The first-order chi connectivity index (χ1) is 14.2. The van der Waals surface area contributed by atoms with Crippen LogP contribution in [0.3, 0.4) is 0 Å². The Morgan fingerprint density at radius 1 is 1.24 bits per heavy atom. The van der Waals surface area contributed by atoms with Crippen molar-refractivity contribution in [1.82, 2.24) is 10.6 Å². The zero-order valence-electron chi connectivity index (χ0n) is 18.1. The van der Waals surface area contributed by atoms with Gasteiger partial charge in [0.1, 0.15) is 6.61 Å². The lowest BCUT2D eigenvalue weighted by Gasteiger charge is -2.30. The summed E-state index contributed by atoms with van der Waals surface area (Å²) in [7, 11) is 3.42. The van der Waals surface area contributed by atoms with Crippen LogP contribution < -0.4 is 20.1 Å². The van der Waals surface area contributed by atoms with Gasteiger partial charge in [0.05, 0.1) is 7.11 Å². The Labute approximate surface area is 175 Å². The highest BCUT2D eigenvalue weighted by atomic mass is 16.5. The third kappa shape index (κ3) is 7.17. The highest BCUT2D eigenvalue weighted by Crippen LogP contribution is 2.40. The maximum Gasteiger partial charge on any atom is 0.191 e. The average Bonchev–Trinajstić information content (AvgIpc) is 3.21. The van der Waals surface area contributed by atoms with Crippen LogP contribution in [0, 0.1) is 17.8 Å². The van der Waals surface area contributed by atoms with Gasteiger partial charge in [-0.1, -0.05) is 24.8 Å². The normalized spacial score (nSPS) is 15.6. The summed E-state index contributed by atoms with van der Waals surface area (Å²) in [5.74, 6) is 4.60. The van der Waals surface area contributed by atoms with Gasteiger partial charge in [-0.3, -0.25) is 4.99 Å². The van der Waals surface area contributed by atoms with E-state index in [1.165, 1.54) is 25.7 Å². The van der Waals surface area contributed by atoms with Crippen LogP contribution in [0.4, 0.5) is 0 Å². The molecule has 1 aliphatic rings. The molecule has 29 heavy (non-hydrogen) atoms. The molecule has 0 radical (unpaired) electrons. The number of nitrogens with one attached hydrogen (secondary N) is 2. The molecule has 6 nitrogen and oxygen atoms in total. The minimum Gasteiger partial charge on any atom is -0.493 e. The van der Waals surface area contributed by atoms with Gasteiger partial charge in [0, 0.05) is 33.4 Å². The van der Waals surface area contributed by atoms with Gasteiger partial charge in [-0.2, -0.15) is 0 Å². The molecule has 0 spiro atoms. The smallest absolute Gasteiger partial charge is 0.191 e. The number of hydrogen-bond acceptors (Lipinski definition) is 4. The fraction of sp³-hybridized carbons (Fsp3) is 0.609. The van der Waals surface area contributed by atoms with Gasteiger partial charge in [0.2, 0.25) is 0 Å². The van der Waals surface area contributed by atoms with Gasteiger partial charge in [0.15, 0.2) is 17.5 Å². The lowest BCUT2D eigenvalue weighted by molar-refractivity contribution is 0.105. The quantitative estimate of drug-likeness (QED) is 0.258. The fourth-order valence-corrected chi connectivity index (χ4v) is 3.81. The Hall–Kier alpha value is -2.39. The summed E-state index contributed by atoms with van der Waals surface area (Å²) in [6.45, 7) is 5.41. The maximum absolute atomic E-state index is 5.61. The highest BCUT2D eigenvalue weighted by Gasteiger charge is 2.33. The van der Waals surface area contributed by atoms with E-state index in [-0.39, 0.29) is 6.61 Å². The molecule has 0 bridgehead atoms. The number of methoxy groups -OCH3 is 1. The summed E-state index contributed by atoms with van der Waals surface area (Å²) in [6.07, 6.45) is 11.5. The van der Waals surface area contributed by atoms with Crippen LogP contribution in [0.15, 0.2) is 23.2 Å². The number of hydrogen-bond donors (Lipinski definition) is 2. The van der Waals surface area contributed by atoms with Crippen molar-refractivity contribution in [2.24, 2.45) is 10.4 Å². The molecule has 0 unspecified atom stereocenters. The van der Waals surface area contributed by atoms with E-state index in [9.17, 15) is 0 Å². The Balaban J connectivity index is 1.90. The molecule has 0 saturated heterocycles. The number of ether oxygens (including phenoxy) is 3. The Bertz CT molecular complexity index is 691. The maximum atomic E-state index is 5.61. The van der Waals surface area contributed by atoms with E-state index < -0.39 is 0 Å². The van der Waals surface area contributed by atoms with Crippen molar-refractivity contribution in [2.75, 3.05) is 40.5 Å². The summed E-state index contributed by atoms with van der Waals surface area (Å²) in [5, 5.41) is 6.91. The molecular formula is C23H35N3O3. The summed E-state index contributed by atoms with van der Waals surface area (Å²) in [5.41, 5.74) is 1.37. The molecule has 1 aliphatic carbocycles. The van der Waals surface area contributed by atoms with Crippen molar-refractivity contribution in [2.45, 2.75) is 45.6 Å². The van der Waals surface area contributed by atoms with Gasteiger partial charge in [-0.05, 0) is 49.3 Å². The lowest BCUT2D eigenvalue weighted by Crippen LogP contribution is -2.43.